The summed E-state index contributed by atoms with van der Waals surface area (Å²) in [6.07, 6.45) is 2.57. The highest BCUT2D eigenvalue weighted by molar-refractivity contribution is 5.71. The van der Waals surface area contributed by atoms with E-state index in [1.54, 1.807) is 6.34 Å². The van der Waals surface area contributed by atoms with E-state index < -0.39 is 0 Å². The fraction of sp³-hybridized carbons (Fsp3) is 0.333. The second-order valence-corrected chi connectivity index (χ2v) is 5.41. The fourth-order valence-corrected chi connectivity index (χ4v) is 2.06. The van der Waals surface area contributed by atoms with E-state index >= 15 is 0 Å². The van der Waals surface area contributed by atoms with Crippen molar-refractivity contribution in [3.05, 3.63) is 47.4 Å². The third-order valence-corrected chi connectivity index (χ3v) is 3.67. The maximum atomic E-state index is 13.9. The fourth-order valence-electron chi connectivity index (χ4n) is 2.06. The molecule has 0 aliphatic heterocycles. The Morgan fingerprint density at radius 1 is 1.30 bits per heavy atom. The summed E-state index contributed by atoms with van der Waals surface area (Å²) in [5.41, 5.74) is 3.17. The molecule has 5 heteroatoms. The standard InChI is InChI=1S/C18H23FN4/c1-5-15-8-7-9-18(21-15)22-17-11-14(19)10-16(13(17)3)20-12-23(4)6-2/h7-12H,5-6H2,1-4H3,(H,21,22)/b20-12+. The predicted molar refractivity (Wildman–Crippen MR) is 94.5 cm³/mol. The number of hydrogen-bond acceptors (Lipinski definition) is 3. The molecule has 0 unspecified atom stereocenters. The number of aliphatic imine (C=N–C) groups is 1. The van der Waals surface area contributed by atoms with Crippen LogP contribution < -0.4 is 5.32 Å². The van der Waals surface area contributed by atoms with Gasteiger partial charge in [-0.1, -0.05) is 13.0 Å². The molecule has 122 valence electrons. The number of anilines is 2. The first-order valence-electron chi connectivity index (χ1n) is 7.81. The van der Waals surface area contributed by atoms with Crippen molar-refractivity contribution in [1.82, 2.24) is 9.88 Å². The molecular formula is C18H23FN4. The van der Waals surface area contributed by atoms with E-state index in [0.717, 1.165) is 24.2 Å². The zero-order chi connectivity index (χ0) is 16.8. The Bertz CT molecular complexity index is 697. The molecule has 1 aromatic heterocycles. The van der Waals surface area contributed by atoms with Gasteiger partial charge in [-0.05, 0) is 50.1 Å². The molecule has 0 fully saturated rings. The molecular weight excluding hydrogens is 291 g/mol. The Labute approximate surface area is 137 Å². The Kier molecular flexibility index (Phi) is 5.68. The number of hydrogen-bond donors (Lipinski definition) is 1. The lowest BCUT2D eigenvalue weighted by atomic mass is 10.1. The Morgan fingerprint density at radius 3 is 2.78 bits per heavy atom. The Balaban J connectivity index is 2.31. The maximum Gasteiger partial charge on any atom is 0.130 e. The quantitative estimate of drug-likeness (QED) is 0.633. The molecule has 4 nitrogen and oxygen atoms in total. The number of aromatic nitrogens is 1. The van der Waals surface area contributed by atoms with Crippen LogP contribution in [0.1, 0.15) is 25.1 Å². The van der Waals surface area contributed by atoms with Gasteiger partial charge in [-0.15, -0.1) is 0 Å². The SMILES string of the molecule is CCc1cccc(Nc2cc(F)cc(/N=C/N(C)CC)c2C)n1. The van der Waals surface area contributed by atoms with Gasteiger partial charge in [0, 0.05) is 25.0 Å². The first-order chi connectivity index (χ1) is 11.0. The maximum absolute atomic E-state index is 13.9. The Morgan fingerprint density at radius 2 is 2.09 bits per heavy atom. The number of pyridine rings is 1. The van der Waals surface area contributed by atoms with Crippen LogP contribution in [0.15, 0.2) is 35.3 Å². The van der Waals surface area contributed by atoms with Gasteiger partial charge in [-0.2, -0.15) is 0 Å². The van der Waals surface area contributed by atoms with Crippen LogP contribution in [-0.2, 0) is 6.42 Å². The third-order valence-electron chi connectivity index (χ3n) is 3.67. The van der Waals surface area contributed by atoms with Crippen molar-refractivity contribution < 1.29 is 4.39 Å². The van der Waals surface area contributed by atoms with Crippen LogP contribution in [0, 0.1) is 12.7 Å². The van der Waals surface area contributed by atoms with E-state index in [2.05, 4.69) is 22.2 Å². The lowest BCUT2D eigenvalue weighted by Crippen LogP contribution is -2.14. The molecule has 0 bridgehead atoms. The van der Waals surface area contributed by atoms with Crippen molar-refractivity contribution >= 4 is 23.5 Å². The van der Waals surface area contributed by atoms with Gasteiger partial charge < -0.3 is 10.2 Å². The highest BCUT2D eigenvalue weighted by Gasteiger charge is 2.08. The summed E-state index contributed by atoms with van der Waals surface area (Å²) >= 11 is 0. The van der Waals surface area contributed by atoms with Crippen LogP contribution in [0.25, 0.3) is 0 Å². The summed E-state index contributed by atoms with van der Waals surface area (Å²) in [6.45, 7) is 6.85. The molecule has 23 heavy (non-hydrogen) atoms. The number of nitrogens with zero attached hydrogens (tertiary/aromatic N) is 3. The number of halogens is 1. The summed E-state index contributed by atoms with van der Waals surface area (Å²) in [5.74, 6) is 0.384. The molecule has 0 spiro atoms. The molecule has 0 atom stereocenters. The molecule has 0 saturated carbocycles. The predicted octanol–water partition coefficient (Wildman–Crippen LogP) is 4.45. The van der Waals surface area contributed by atoms with Crippen LogP contribution in [0.5, 0.6) is 0 Å². The van der Waals surface area contributed by atoms with E-state index in [4.69, 9.17) is 0 Å². The first kappa shape index (κ1) is 16.9. The van der Waals surface area contributed by atoms with E-state index in [1.807, 2.05) is 44.0 Å². The van der Waals surface area contributed by atoms with Crippen molar-refractivity contribution in [3.8, 4) is 0 Å². The van der Waals surface area contributed by atoms with Gasteiger partial charge in [0.15, 0.2) is 0 Å². The molecule has 2 aromatic rings. The van der Waals surface area contributed by atoms with Crippen molar-refractivity contribution in [1.29, 1.82) is 0 Å². The molecule has 0 radical (unpaired) electrons. The molecule has 1 heterocycles. The molecule has 1 N–H and O–H groups in total. The average molecular weight is 314 g/mol. The van der Waals surface area contributed by atoms with Crippen molar-refractivity contribution in [3.63, 3.8) is 0 Å². The van der Waals surface area contributed by atoms with Gasteiger partial charge in [0.05, 0.1) is 12.0 Å². The monoisotopic (exact) mass is 314 g/mol. The topological polar surface area (TPSA) is 40.5 Å². The summed E-state index contributed by atoms with van der Waals surface area (Å²) in [4.78, 5) is 10.8. The molecule has 0 aliphatic carbocycles. The van der Waals surface area contributed by atoms with E-state index in [-0.39, 0.29) is 5.82 Å². The minimum Gasteiger partial charge on any atom is -0.366 e. The van der Waals surface area contributed by atoms with Crippen LogP contribution in [0.4, 0.5) is 21.6 Å². The molecule has 1 aromatic carbocycles. The van der Waals surface area contributed by atoms with Crippen molar-refractivity contribution in [2.75, 3.05) is 18.9 Å². The zero-order valence-electron chi connectivity index (χ0n) is 14.1. The number of aryl methyl sites for hydroxylation is 1. The normalized spacial score (nSPS) is 11.0. The molecule has 0 aliphatic rings. The van der Waals surface area contributed by atoms with Crippen molar-refractivity contribution in [2.45, 2.75) is 27.2 Å². The molecule has 0 saturated heterocycles. The Hall–Kier alpha value is -2.43. The minimum atomic E-state index is -0.323. The second kappa shape index (κ2) is 7.72. The molecule has 0 amide bonds. The van der Waals surface area contributed by atoms with Crippen LogP contribution in [0.3, 0.4) is 0 Å². The number of rotatable bonds is 6. The largest absolute Gasteiger partial charge is 0.366 e. The van der Waals surface area contributed by atoms with E-state index in [0.29, 0.717) is 17.2 Å². The summed E-state index contributed by atoms with van der Waals surface area (Å²) in [7, 11) is 1.93. The van der Waals surface area contributed by atoms with Gasteiger partial charge >= 0.3 is 0 Å². The lowest BCUT2D eigenvalue weighted by molar-refractivity contribution is 0.552. The highest BCUT2D eigenvalue weighted by atomic mass is 19.1. The third kappa shape index (κ3) is 4.52. The van der Waals surface area contributed by atoms with E-state index in [1.165, 1.54) is 12.1 Å². The molecule has 2 rings (SSSR count). The number of benzene rings is 1. The lowest BCUT2D eigenvalue weighted by Gasteiger charge is -2.13. The van der Waals surface area contributed by atoms with Crippen LogP contribution >= 0.6 is 0 Å². The number of nitrogens with one attached hydrogen (secondary N) is 1. The first-order valence-corrected chi connectivity index (χ1v) is 7.81. The van der Waals surface area contributed by atoms with Gasteiger partial charge in [-0.25, -0.2) is 14.4 Å². The van der Waals surface area contributed by atoms with Crippen LogP contribution in [-0.4, -0.2) is 29.8 Å². The van der Waals surface area contributed by atoms with E-state index in [9.17, 15) is 4.39 Å². The average Bonchev–Trinajstić information content (AvgIpc) is 2.56. The zero-order valence-corrected chi connectivity index (χ0v) is 14.1. The minimum absolute atomic E-state index is 0.323. The highest BCUT2D eigenvalue weighted by Crippen LogP contribution is 2.29. The van der Waals surface area contributed by atoms with Crippen molar-refractivity contribution in [2.24, 2.45) is 4.99 Å². The van der Waals surface area contributed by atoms with Gasteiger partial charge in [0.25, 0.3) is 0 Å². The van der Waals surface area contributed by atoms with Gasteiger partial charge in [0.1, 0.15) is 11.6 Å². The smallest absolute Gasteiger partial charge is 0.130 e. The summed E-state index contributed by atoms with van der Waals surface area (Å²) in [5, 5.41) is 3.19. The van der Waals surface area contributed by atoms with Gasteiger partial charge in [0.2, 0.25) is 0 Å². The summed E-state index contributed by atoms with van der Waals surface area (Å²) < 4.78 is 13.9. The second-order valence-electron chi connectivity index (χ2n) is 5.41. The van der Waals surface area contributed by atoms with Crippen LogP contribution in [0.2, 0.25) is 0 Å². The summed E-state index contributed by atoms with van der Waals surface area (Å²) in [6, 6.07) is 8.70. The van der Waals surface area contributed by atoms with Gasteiger partial charge in [-0.3, -0.25) is 0 Å².